The molecule has 0 bridgehead atoms. The Balaban J connectivity index is 1.68. The van der Waals surface area contributed by atoms with Crippen LogP contribution < -0.4 is 5.32 Å². The van der Waals surface area contributed by atoms with Crippen molar-refractivity contribution in [1.82, 2.24) is 20.0 Å². The van der Waals surface area contributed by atoms with Gasteiger partial charge in [-0.05, 0) is 26.3 Å². The molecule has 1 saturated heterocycles. The van der Waals surface area contributed by atoms with Gasteiger partial charge < -0.3 is 10.2 Å². The Morgan fingerprint density at radius 3 is 2.83 bits per heavy atom. The third-order valence-corrected chi connectivity index (χ3v) is 4.72. The van der Waals surface area contributed by atoms with Gasteiger partial charge in [0, 0.05) is 31.4 Å². The summed E-state index contributed by atoms with van der Waals surface area (Å²) < 4.78 is 1.95. The van der Waals surface area contributed by atoms with Crippen LogP contribution in [0.5, 0.6) is 0 Å². The van der Waals surface area contributed by atoms with Gasteiger partial charge >= 0.3 is 0 Å². The number of likely N-dealkylation sites (tertiary alicyclic amines) is 1. The topological polar surface area (TPSA) is 67.2 Å². The van der Waals surface area contributed by atoms with E-state index in [1.165, 1.54) is 0 Å². The lowest BCUT2D eigenvalue weighted by Gasteiger charge is -2.30. The summed E-state index contributed by atoms with van der Waals surface area (Å²) in [7, 11) is 0. The van der Waals surface area contributed by atoms with Crippen molar-refractivity contribution >= 4 is 22.7 Å². The predicted octanol–water partition coefficient (Wildman–Crippen LogP) is 1.93. The van der Waals surface area contributed by atoms with Crippen molar-refractivity contribution < 1.29 is 9.59 Å². The zero-order valence-corrected chi connectivity index (χ0v) is 14.3. The Morgan fingerprint density at radius 2 is 2.08 bits per heavy atom. The van der Waals surface area contributed by atoms with Gasteiger partial charge in [-0.2, -0.15) is 5.10 Å². The average Bonchev–Trinajstić information content (AvgIpc) is 2.98. The first-order valence-electron chi connectivity index (χ1n) is 8.64. The number of aryl methyl sites for hydroxylation is 1. The number of aromatic nitrogens is 2. The highest BCUT2D eigenvalue weighted by Gasteiger charge is 2.29. The van der Waals surface area contributed by atoms with Crippen LogP contribution in [-0.4, -0.2) is 39.6 Å². The van der Waals surface area contributed by atoms with E-state index in [0.29, 0.717) is 32.5 Å². The number of benzene rings is 1. The first kappa shape index (κ1) is 16.5. The number of nitrogens with zero attached hydrogens (tertiary/aromatic N) is 3. The minimum atomic E-state index is -0.123. The summed E-state index contributed by atoms with van der Waals surface area (Å²) in [6.07, 6.45) is 1.09. The fourth-order valence-corrected chi connectivity index (χ4v) is 3.32. The lowest BCUT2D eigenvalue weighted by Crippen LogP contribution is -2.45. The predicted molar refractivity (Wildman–Crippen MR) is 92.2 cm³/mol. The van der Waals surface area contributed by atoms with Gasteiger partial charge in [-0.25, -0.2) is 0 Å². The molecule has 2 heterocycles. The number of carbonyl (C=O) groups is 2. The molecule has 0 spiro atoms. The van der Waals surface area contributed by atoms with Gasteiger partial charge in [-0.1, -0.05) is 18.2 Å². The molecule has 1 aliphatic rings. The highest BCUT2D eigenvalue weighted by atomic mass is 16.2. The molecule has 2 amide bonds. The Kier molecular flexibility index (Phi) is 4.83. The van der Waals surface area contributed by atoms with Crippen LogP contribution >= 0.6 is 0 Å². The van der Waals surface area contributed by atoms with Crippen molar-refractivity contribution in [2.75, 3.05) is 13.1 Å². The van der Waals surface area contributed by atoms with E-state index < -0.39 is 0 Å². The molecule has 6 heteroatoms. The smallest absolute Gasteiger partial charge is 0.225 e. The molecule has 1 fully saturated rings. The SMILES string of the molecule is CCN1C[C@@H](C(=O)NCc2nn(CC)c3ccccc23)CCC1=O. The van der Waals surface area contributed by atoms with Gasteiger partial charge in [0.2, 0.25) is 11.8 Å². The molecule has 0 saturated carbocycles. The van der Waals surface area contributed by atoms with Crippen molar-refractivity contribution in [3.63, 3.8) is 0 Å². The number of carbonyl (C=O) groups excluding carboxylic acids is 2. The summed E-state index contributed by atoms with van der Waals surface area (Å²) in [5.41, 5.74) is 1.98. The second-order valence-corrected chi connectivity index (χ2v) is 6.17. The van der Waals surface area contributed by atoms with E-state index in [1.54, 1.807) is 4.90 Å². The van der Waals surface area contributed by atoms with Crippen LogP contribution in [0.4, 0.5) is 0 Å². The summed E-state index contributed by atoms with van der Waals surface area (Å²) in [5.74, 6) is 0.0347. The molecule has 24 heavy (non-hydrogen) atoms. The first-order chi connectivity index (χ1) is 11.6. The molecule has 1 aromatic heterocycles. The highest BCUT2D eigenvalue weighted by molar-refractivity contribution is 5.85. The number of hydrogen-bond donors (Lipinski definition) is 1. The third kappa shape index (κ3) is 3.13. The number of para-hydroxylation sites is 1. The van der Waals surface area contributed by atoms with E-state index >= 15 is 0 Å². The van der Waals surface area contributed by atoms with Crippen molar-refractivity contribution in [1.29, 1.82) is 0 Å². The van der Waals surface area contributed by atoms with Gasteiger partial charge in [-0.3, -0.25) is 14.3 Å². The number of rotatable bonds is 5. The molecule has 128 valence electrons. The van der Waals surface area contributed by atoms with Crippen molar-refractivity contribution in [3.05, 3.63) is 30.0 Å². The molecule has 3 rings (SSSR count). The van der Waals surface area contributed by atoms with E-state index in [9.17, 15) is 9.59 Å². The zero-order valence-electron chi connectivity index (χ0n) is 14.3. The fraction of sp³-hybridized carbons (Fsp3) is 0.500. The monoisotopic (exact) mass is 328 g/mol. The van der Waals surface area contributed by atoms with Crippen LogP contribution in [0, 0.1) is 5.92 Å². The van der Waals surface area contributed by atoms with Gasteiger partial charge in [0.05, 0.1) is 23.7 Å². The molecule has 1 atom stereocenters. The molecule has 1 aliphatic heterocycles. The molecular weight excluding hydrogens is 304 g/mol. The summed E-state index contributed by atoms with van der Waals surface area (Å²) in [4.78, 5) is 26.0. The zero-order chi connectivity index (χ0) is 17.1. The number of amides is 2. The Labute approximate surface area is 141 Å². The van der Waals surface area contributed by atoms with E-state index in [1.807, 2.05) is 35.9 Å². The van der Waals surface area contributed by atoms with Crippen LogP contribution in [0.2, 0.25) is 0 Å². The molecule has 2 aromatic rings. The minimum absolute atomic E-state index is 0.0103. The number of piperidine rings is 1. The normalized spacial score (nSPS) is 18.2. The van der Waals surface area contributed by atoms with E-state index in [0.717, 1.165) is 23.1 Å². The summed E-state index contributed by atoms with van der Waals surface area (Å²) in [6.45, 7) is 6.40. The van der Waals surface area contributed by atoms with Gasteiger partial charge in [-0.15, -0.1) is 0 Å². The summed E-state index contributed by atoms with van der Waals surface area (Å²) in [6, 6.07) is 8.06. The molecular formula is C18H24N4O2. The van der Waals surface area contributed by atoms with Gasteiger partial charge in [0.15, 0.2) is 0 Å². The lowest BCUT2D eigenvalue weighted by atomic mass is 9.96. The van der Waals surface area contributed by atoms with Crippen molar-refractivity contribution in [3.8, 4) is 0 Å². The number of fused-ring (bicyclic) bond motifs is 1. The minimum Gasteiger partial charge on any atom is -0.350 e. The van der Waals surface area contributed by atoms with Crippen LogP contribution in [0.1, 0.15) is 32.4 Å². The third-order valence-electron chi connectivity index (χ3n) is 4.72. The molecule has 0 unspecified atom stereocenters. The molecule has 6 nitrogen and oxygen atoms in total. The van der Waals surface area contributed by atoms with E-state index in [4.69, 9.17) is 0 Å². The van der Waals surface area contributed by atoms with Gasteiger partial charge in [0.25, 0.3) is 0 Å². The fourth-order valence-electron chi connectivity index (χ4n) is 3.32. The highest BCUT2D eigenvalue weighted by Crippen LogP contribution is 2.20. The second kappa shape index (κ2) is 7.03. The maximum absolute atomic E-state index is 12.5. The van der Waals surface area contributed by atoms with Crippen LogP contribution in [-0.2, 0) is 22.7 Å². The molecule has 0 radical (unpaired) electrons. The Hall–Kier alpha value is -2.37. The van der Waals surface area contributed by atoms with Crippen molar-refractivity contribution in [2.24, 2.45) is 5.92 Å². The summed E-state index contributed by atoms with van der Waals surface area (Å²) in [5, 5.41) is 8.69. The maximum atomic E-state index is 12.5. The Morgan fingerprint density at radius 1 is 1.29 bits per heavy atom. The standard InChI is InChI=1S/C18H24N4O2/c1-3-21-12-13(9-10-17(21)23)18(24)19-11-15-14-7-5-6-8-16(14)22(4-2)20-15/h5-8,13H,3-4,9-12H2,1-2H3,(H,19,24)/t13-/m0/s1. The van der Waals surface area contributed by atoms with Crippen molar-refractivity contribution in [2.45, 2.75) is 39.8 Å². The quantitative estimate of drug-likeness (QED) is 0.912. The van der Waals surface area contributed by atoms with E-state index in [2.05, 4.69) is 17.3 Å². The first-order valence-corrected chi connectivity index (χ1v) is 8.64. The average molecular weight is 328 g/mol. The van der Waals surface area contributed by atoms with Crippen LogP contribution in [0.15, 0.2) is 24.3 Å². The number of hydrogen-bond acceptors (Lipinski definition) is 3. The Bertz CT molecular complexity index is 753. The molecule has 0 aliphatic carbocycles. The molecule has 1 aromatic carbocycles. The molecule has 1 N–H and O–H groups in total. The lowest BCUT2D eigenvalue weighted by molar-refractivity contribution is -0.138. The second-order valence-electron chi connectivity index (χ2n) is 6.17. The largest absolute Gasteiger partial charge is 0.350 e. The number of nitrogens with one attached hydrogen (secondary N) is 1. The van der Waals surface area contributed by atoms with Crippen LogP contribution in [0.25, 0.3) is 10.9 Å². The maximum Gasteiger partial charge on any atom is 0.225 e. The van der Waals surface area contributed by atoms with Gasteiger partial charge in [0.1, 0.15) is 0 Å². The summed E-state index contributed by atoms with van der Waals surface area (Å²) >= 11 is 0. The van der Waals surface area contributed by atoms with E-state index in [-0.39, 0.29) is 17.7 Å². The van der Waals surface area contributed by atoms with Crippen LogP contribution in [0.3, 0.4) is 0 Å².